The van der Waals surface area contributed by atoms with Crippen molar-refractivity contribution >= 4 is 29.2 Å². The maximum absolute atomic E-state index is 12.9. The van der Waals surface area contributed by atoms with Gasteiger partial charge in [-0.25, -0.2) is 4.68 Å². The summed E-state index contributed by atoms with van der Waals surface area (Å²) in [5.41, 5.74) is 4.91. The summed E-state index contributed by atoms with van der Waals surface area (Å²) >= 11 is 1.46. The second-order valence-electron chi connectivity index (χ2n) is 7.98. The number of ketones is 1. The third-order valence-electron chi connectivity index (χ3n) is 5.76. The summed E-state index contributed by atoms with van der Waals surface area (Å²) in [6, 6.07) is 14.4. The minimum atomic E-state index is -0.408. The van der Waals surface area contributed by atoms with Crippen LogP contribution in [0.15, 0.2) is 65.0 Å². The predicted octanol–water partition coefficient (Wildman–Crippen LogP) is 4.81. The van der Waals surface area contributed by atoms with Gasteiger partial charge in [0.25, 0.3) is 5.69 Å². The Hall–Kier alpha value is -3.46. The molecule has 32 heavy (non-hydrogen) atoms. The van der Waals surface area contributed by atoms with Crippen LogP contribution in [-0.2, 0) is 10.5 Å². The molecule has 0 radical (unpaired) electrons. The van der Waals surface area contributed by atoms with E-state index in [4.69, 9.17) is 5.10 Å². The summed E-state index contributed by atoms with van der Waals surface area (Å²) in [4.78, 5) is 28.0. The molecule has 2 aromatic carbocycles. The van der Waals surface area contributed by atoms with Gasteiger partial charge in [0.1, 0.15) is 6.04 Å². The lowest BCUT2D eigenvalue weighted by Gasteiger charge is -2.32. The molecule has 0 bridgehead atoms. The Bertz CT molecular complexity index is 1230. The number of hydrogen-bond donors (Lipinski definition) is 1. The molecule has 0 fully saturated rings. The Balaban J connectivity index is 1.45. The van der Waals surface area contributed by atoms with Crippen molar-refractivity contribution in [1.29, 1.82) is 0 Å². The number of benzene rings is 2. The highest BCUT2D eigenvalue weighted by molar-refractivity contribution is 7.98. The van der Waals surface area contributed by atoms with Crippen LogP contribution >= 0.6 is 11.8 Å². The van der Waals surface area contributed by atoms with E-state index in [9.17, 15) is 14.9 Å². The zero-order valence-corrected chi connectivity index (χ0v) is 18.3. The monoisotopic (exact) mass is 447 g/mol. The van der Waals surface area contributed by atoms with Crippen LogP contribution in [0.4, 0.5) is 11.6 Å². The number of carbonyl (C=O) groups excluding carboxylic acids is 1. The van der Waals surface area contributed by atoms with E-state index in [1.54, 1.807) is 12.1 Å². The lowest BCUT2D eigenvalue weighted by Crippen LogP contribution is -2.31. The second-order valence-corrected chi connectivity index (χ2v) is 8.92. The molecule has 8 nitrogen and oxygen atoms in total. The highest BCUT2D eigenvalue weighted by atomic mass is 32.2. The number of nitrogens with zero attached hydrogens (tertiary/aromatic N) is 4. The Labute approximate surface area is 188 Å². The lowest BCUT2D eigenvalue weighted by molar-refractivity contribution is -0.384. The van der Waals surface area contributed by atoms with Crippen molar-refractivity contribution in [2.45, 2.75) is 43.1 Å². The van der Waals surface area contributed by atoms with E-state index in [2.05, 4.69) is 10.3 Å². The molecule has 5 rings (SSSR count). The SMILES string of the molecule is Cc1ccc([C@@H]2C3=C(CCCC3=O)Nc3nc(SCc4ccc([N+](=O)[O-])cc4)nn32)cc1. The number of aromatic nitrogens is 3. The second kappa shape index (κ2) is 8.23. The number of aryl methyl sites for hydroxylation is 1. The van der Waals surface area contributed by atoms with Crippen LogP contribution in [0.25, 0.3) is 0 Å². The third kappa shape index (κ3) is 3.80. The van der Waals surface area contributed by atoms with Gasteiger partial charge < -0.3 is 5.32 Å². The molecule has 0 amide bonds. The minimum absolute atomic E-state index is 0.0702. The minimum Gasteiger partial charge on any atom is -0.328 e. The predicted molar refractivity (Wildman–Crippen MR) is 122 cm³/mol. The van der Waals surface area contributed by atoms with Crippen molar-refractivity contribution in [3.8, 4) is 0 Å². The topological polar surface area (TPSA) is 103 Å². The van der Waals surface area contributed by atoms with Crippen LogP contribution in [0.1, 0.15) is 42.0 Å². The molecule has 2 aliphatic rings. The molecular formula is C23H21N5O3S. The Kier molecular flexibility index (Phi) is 5.26. The van der Waals surface area contributed by atoms with Crippen molar-refractivity contribution in [2.75, 3.05) is 5.32 Å². The zero-order chi connectivity index (χ0) is 22.2. The van der Waals surface area contributed by atoms with Crippen molar-refractivity contribution in [3.63, 3.8) is 0 Å². The first-order valence-electron chi connectivity index (χ1n) is 10.4. The summed E-state index contributed by atoms with van der Waals surface area (Å²) in [5.74, 6) is 1.38. The van der Waals surface area contributed by atoms with Crippen molar-refractivity contribution in [2.24, 2.45) is 0 Å². The molecule has 9 heteroatoms. The standard InChI is InChI=1S/C23H21N5O3S/c1-14-5-9-16(10-6-14)21-20-18(3-2-4-19(20)29)24-22-25-23(26-27(21)22)32-13-15-7-11-17(12-8-15)28(30)31/h5-12,21H,2-4,13H2,1H3,(H,24,25,26)/t21-/m1/s1. The molecule has 1 atom stereocenters. The van der Waals surface area contributed by atoms with Gasteiger partial charge in [0, 0.05) is 35.6 Å². The molecular weight excluding hydrogens is 426 g/mol. The van der Waals surface area contributed by atoms with Crippen molar-refractivity contribution < 1.29 is 9.72 Å². The average molecular weight is 448 g/mol. The van der Waals surface area contributed by atoms with Gasteiger partial charge in [-0.2, -0.15) is 4.98 Å². The molecule has 0 saturated heterocycles. The smallest absolute Gasteiger partial charge is 0.269 e. The fraction of sp³-hybridized carbons (Fsp3) is 0.261. The summed E-state index contributed by atoms with van der Waals surface area (Å²) in [7, 11) is 0. The number of anilines is 1. The zero-order valence-electron chi connectivity index (χ0n) is 17.4. The van der Waals surface area contributed by atoms with E-state index < -0.39 is 4.92 Å². The largest absolute Gasteiger partial charge is 0.328 e. The lowest BCUT2D eigenvalue weighted by atomic mass is 9.85. The number of hydrogen-bond acceptors (Lipinski definition) is 7. The maximum Gasteiger partial charge on any atom is 0.269 e. The van der Waals surface area contributed by atoms with Crippen molar-refractivity contribution in [1.82, 2.24) is 14.8 Å². The van der Waals surface area contributed by atoms with E-state index in [0.717, 1.165) is 40.8 Å². The first-order valence-corrected chi connectivity index (χ1v) is 11.4. The molecule has 0 spiro atoms. The van der Waals surface area contributed by atoms with Crippen LogP contribution in [0.2, 0.25) is 0 Å². The molecule has 0 unspecified atom stereocenters. The summed E-state index contributed by atoms with van der Waals surface area (Å²) in [6.07, 6.45) is 2.21. The molecule has 1 N–H and O–H groups in total. The fourth-order valence-corrected chi connectivity index (χ4v) is 4.90. The van der Waals surface area contributed by atoms with Crippen LogP contribution in [0.3, 0.4) is 0 Å². The number of nitrogens with one attached hydrogen (secondary N) is 1. The van der Waals surface area contributed by atoms with Gasteiger partial charge in [0.15, 0.2) is 5.78 Å². The number of fused-ring (bicyclic) bond motifs is 1. The van der Waals surface area contributed by atoms with Gasteiger partial charge in [-0.15, -0.1) is 5.10 Å². The molecule has 3 aromatic rings. The summed E-state index contributed by atoms with van der Waals surface area (Å²) < 4.78 is 1.81. The summed E-state index contributed by atoms with van der Waals surface area (Å²) in [5, 5.41) is 19.5. The van der Waals surface area contributed by atoms with Crippen LogP contribution in [-0.4, -0.2) is 25.5 Å². The van der Waals surface area contributed by atoms with Gasteiger partial charge in [-0.1, -0.05) is 53.7 Å². The highest BCUT2D eigenvalue weighted by Crippen LogP contribution is 2.40. The highest BCUT2D eigenvalue weighted by Gasteiger charge is 2.36. The number of nitro groups is 1. The fourth-order valence-electron chi connectivity index (χ4n) is 4.12. The summed E-state index contributed by atoms with van der Waals surface area (Å²) in [6.45, 7) is 2.04. The molecule has 1 aromatic heterocycles. The van der Waals surface area contributed by atoms with E-state index in [0.29, 0.717) is 23.3 Å². The number of thioether (sulfide) groups is 1. The van der Waals surface area contributed by atoms with Gasteiger partial charge in [0.05, 0.1) is 4.92 Å². The Morgan fingerprint density at radius 1 is 1.16 bits per heavy atom. The molecule has 0 saturated carbocycles. The number of allylic oxidation sites excluding steroid dienone is 2. The average Bonchev–Trinajstić information content (AvgIpc) is 3.20. The van der Waals surface area contributed by atoms with Gasteiger partial charge in [0.2, 0.25) is 11.1 Å². The third-order valence-corrected chi connectivity index (χ3v) is 6.67. The van der Waals surface area contributed by atoms with Crippen LogP contribution in [0.5, 0.6) is 0 Å². The van der Waals surface area contributed by atoms with Gasteiger partial charge in [-0.05, 0) is 30.9 Å². The quantitative estimate of drug-likeness (QED) is 0.340. The van der Waals surface area contributed by atoms with Crippen LogP contribution < -0.4 is 5.32 Å². The first kappa shape index (κ1) is 20.4. The van der Waals surface area contributed by atoms with Crippen LogP contribution in [0, 0.1) is 17.0 Å². The van der Waals surface area contributed by atoms with Gasteiger partial charge >= 0.3 is 0 Å². The van der Waals surface area contributed by atoms with E-state index >= 15 is 0 Å². The van der Waals surface area contributed by atoms with E-state index in [1.165, 1.54) is 23.9 Å². The Morgan fingerprint density at radius 3 is 2.62 bits per heavy atom. The van der Waals surface area contributed by atoms with Crippen molar-refractivity contribution in [3.05, 3.63) is 86.6 Å². The Morgan fingerprint density at radius 2 is 1.91 bits per heavy atom. The molecule has 1 aliphatic heterocycles. The first-order chi connectivity index (χ1) is 15.5. The number of rotatable bonds is 5. The van der Waals surface area contributed by atoms with E-state index in [-0.39, 0.29) is 17.5 Å². The number of non-ortho nitro benzene ring substituents is 1. The molecule has 2 heterocycles. The molecule has 1 aliphatic carbocycles. The van der Waals surface area contributed by atoms with E-state index in [1.807, 2.05) is 35.9 Å². The van der Waals surface area contributed by atoms with Gasteiger partial charge in [-0.3, -0.25) is 14.9 Å². The molecule has 162 valence electrons. The number of carbonyl (C=O) groups is 1. The number of Topliss-reactive ketones (excluding diaryl/α,β-unsaturated/α-hetero) is 1. The normalized spacial score (nSPS) is 17.5. The maximum atomic E-state index is 12.9. The number of nitro benzene ring substituents is 1.